The lowest BCUT2D eigenvalue weighted by atomic mass is 9.91. The molecule has 1 aliphatic heterocycles. The Morgan fingerprint density at radius 1 is 0.774 bits per heavy atom. The van der Waals surface area contributed by atoms with E-state index in [1.54, 1.807) is 48.2 Å². The summed E-state index contributed by atoms with van der Waals surface area (Å²) in [5, 5.41) is 38.5. The second kappa shape index (κ2) is 8.24. The van der Waals surface area contributed by atoms with Crippen molar-refractivity contribution in [1.29, 1.82) is 0 Å². The summed E-state index contributed by atoms with van der Waals surface area (Å²) in [6.07, 6.45) is 8.20. The predicted octanol–water partition coefficient (Wildman–Crippen LogP) is 4.86. The van der Waals surface area contributed by atoms with Crippen LogP contribution in [0.1, 0.15) is 21.5 Å². The minimum atomic E-state index is -0.378. The molecule has 5 nitrogen and oxygen atoms in total. The molecule has 3 aromatic rings. The van der Waals surface area contributed by atoms with Gasteiger partial charge < -0.3 is 20.4 Å². The van der Waals surface area contributed by atoms with Gasteiger partial charge in [-0.05, 0) is 18.2 Å². The molecule has 156 valence electrons. The Labute approximate surface area is 183 Å². The summed E-state index contributed by atoms with van der Waals surface area (Å²) in [6, 6.07) is 18.1. The fourth-order valence-corrected chi connectivity index (χ4v) is 4.72. The number of benzene rings is 3. The van der Waals surface area contributed by atoms with E-state index < -0.39 is 0 Å². The van der Waals surface area contributed by atoms with Crippen molar-refractivity contribution in [3.63, 3.8) is 0 Å². The molecule has 0 radical (unpaired) electrons. The summed E-state index contributed by atoms with van der Waals surface area (Å²) in [5.74, 6) is -1.02. The van der Waals surface area contributed by atoms with Gasteiger partial charge >= 0.3 is 0 Å². The Kier molecular flexibility index (Phi) is 5.48. The van der Waals surface area contributed by atoms with Gasteiger partial charge in [0.15, 0.2) is 28.8 Å². The number of aromatic hydroxyl groups is 4. The average Bonchev–Trinajstić information content (AvgIpc) is 3.54. The molecule has 0 saturated carbocycles. The molecule has 2 atom stereocenters. The van der Waals surface area contributed by atoms with Crippen molar-refractivity contribution in [2.75, 3.05) is 0 Å². The third kappa shape index (κ3) is 3.90. The smallest absolute Gasteiger partial charge is 0.196 e. The normalized spacial score (nSPS) is 20.3. The SMILES string of the molecule is O=C(c1ccccc1)c1cccc(O)c1O.Oc1cccc(C23C=CC=CC2S3)c1O. The summed E-state index contributed by atoms with van der Waals surface area (Å²) in [5.41, 5.74) is 1.38. The number of thioether (sulfide) groups is 1. The van der Waals surface area contributed by atoms with Crippen LogP contribution in [0.15, 0.2) is 91.0 Å². The van der Waals surface area contributed by atoms with Crippen LogP contribution in [0.25, 0.3) is 0 Å². The molecular weight excluding hydrogens is 412 g/mol. The van der Waals surface area contributed by atoms with E-state index in [0.29, 0.717) is 10.8 Å². The lowest BCUT2D eigenvalue weighted by Crippen LogP contribution is -2.09. The van der Waals surface area contributed by atoms with Gasteiger partial charge in [0, 0.05) is 16.4 Å². The van der Waals surface area contributed by atoms with Crippen molar-refractivity contribution in [2.24, 2.45) is 0 Å². The minimum Gasteiger partial charge on any atom is -0.504 e. The summed E-state index contributed by atoms with van der Waals surface area (Å²) in [6.45, 7) is 0. The van der Waals surface area contributed by atoms with Crippen LogP contribution in [0.2, 0.25) is 0 Å². The number of hydrogen-bond donors (Lipinski definition) is 4. The quantitative estimate of drug-likeness (QED) is 0.268. The van der Waals surface area contributed by atoms with Crippen molar-refractivity contribution >= 4 is 17.5 Å². The third-order valence-electron chi connectivity index (χ3n) is 5.16. The number of allylic oxidation sites excluding steroid dienone is 2. The van der Waals surface area contributed by atoms with E-state index in [1.165, 1.54) is 24.3 Å². The van der Waals surface area contributed by atoms with E-state index >= 15 is 0 Å². The predicted molar refractivity (Wildman–Crippen MR) is 121 cm³/mol. The molecule has 1 heterocycles. The number of carbonyl (C=O) groups is 1. The van der Waals surface area contributed by atoms with Crippen LogP contribution < -0.4 is 0 Å². The van der Waals surface area contributed by atoms with Crippen molar-refractivity contribution in [1.82, 2.24) is 0 Å². The van der Waals surface area contributed by atoms with Crippen LogP contribution in [-0.2, 0) is 4.75 Å². The largest absolute Gasteiger partial charge is 0.504 e. The van der Waals surface area contributed by atoms with Gasteiger partial charge in [-0.3, -0.25) is 4.79 Å². The molecule has 1 fully saturated rings. The van der Waals surface area contributed by atoms with Gasteiger partial charge in [-0.25, -0.2) is 0 Å². The first-order chi connectivity index (χ1) is 14.9. The molecule has 31 heavy (non-hydrogen) atoms. The summed E-state index contributed by atoms with van der Waals surface area (Å²) < 4.78 is -0.141. The highest BCUT2D eigenvalue weighted by molar-refractivity contribution is 8.08. The molecule has 0 amide bonds. The maximum absolute atomic E-state index is 11.9. The number of ketones is 1. The summed E-state index contributed by atoms with van der Waals surface area (Å²) >= 11 is 1.78. The molecule has 0 spiro atoms. The van der Waals surface area contributed by atoms with Crippen LogP contribution in [0.5, 0.6) is 23.0 Å². The van der Waals surface area contributed by atoms with E-state index in [1.807, 2.05) is 18.2 Å². The highest BCUT2D eigenvalue weighted by Gasteiger charge is 2.55. The zero-order chi connectivity index (χ0) is 22.0. The van der Waals surface area contributed by atoms with Gasteiger partial charge in [0.25, 0.3) is 0 Å². The molecule has 1 aliphatic carbocycles. The number of rotatable bonds is 3. The Morgan fingerprint density at radius 2 is 1.45 bits per heavy atom. The van der Waals surface area contributed by atoms with Gasteiger partial charge in [0.1, 0.15) is 0 Å². The molecule has 2 unspecified atom stereocenters. The highest BCUT2D eigenvalue weighted by Crippen LogP contribution is 2.66. The first-order valence-corrected chi connectivity index (χ1v) is 10.5. The topological polar surface area (TPSA) is 98.0 Å². The first-order valence-electron chi connectivity index (χ1n) is 9.60. The van der Waals surface area contributed by atoms with Crippen LogP contribution >= 0.6 is 11.8 Å². The number of phenolic OH excluding ortho intramolecular Hbond substituents is 4. The van der Waals surface area contributed by atoms with Gasteiger partial charge in [0.2, 0.25) is 0 Å². The van der Waals surface area contributed by atoms with Crippen LogP contribution in [-0.4, -0.2) is 31.5 Å². The van der Waals surface area contributed by atoms with Crippen LogP contribution in [0, 0.1) is 0 Å². The standard InChI is InChI=1S/C13H10O3.C12H10O2S/c14-11-8-4-7-10(13(11)16)12(15)9-5-2-1-3-6-9;13-9-5-3-4-8(11(9)14)12-7-2-1-6-10(12)15-12/h1-8,14,16H;1-7,10,13-14H. The van der Waals surface area contributed by atoms with Gasteiger partial charge in [-0.2, -0.15) is 0 Å². The average molecular weight is 432 g/mol. The van der Waals surface area contributed by atoms with E-state index in [2.05, 4.69) is 12.2 Å². The Morgan fingerprint density at radius 3 is 2.16 bits per heavy atom. The van der Waals surface area contributed by atoms with Crippen molar-refractivity contribution in [3.8, 4) is 23.0 Å². The summed E-state index contributed by atoms with van der Waals surface area (Å²) in [7, 11) is 0. The van der Waals surface area contributed by atoms with Crippen LogP contribution in [0.4, 0.5) is 0 Å². The molecule has 2 aliphatic rings. The number of phenols is 4. The number of para-hydroxylation sites is 2. The zero-order valence-electron chi connectivity index (χ0n) is 16.3. The molecule has 0 aromatic heterocycles. The monoisotopic (exact) mass is 432 g/mol. The Bertz CT molecular complexity index is 1190. The van der Waals surface area contributed by atoms with E-state index in [0.717, 1.165) is 5.56 Å². The fourth-order valence-electron chi connectivity index (χ4n) is 3.47. The maximum Gasteiger partial charge on any atom is 0.196 e. The lowest BCUT2D eigenvalue weighted by Gasteiger charge is -2.14. The highest BCUT2D eigenvalue weighted by atomic mass is 32.2. The molecule has 1 saturated heterocycles. The van der Waals surface area contributed by atoms with Crippen LogP contribution in [0.3, 0.4) is 0 Å². The number of hydrogen-bond acceptors (Lipinski definition) is 6. The van der Waals surface area contributed by atoms with Crippen molar-refractivity contribution in [2.45, 2.75) is 10.00 Å². The van der Waals surface area contributed by atoms with Crippen molar-refractivity contribution < 1.29 is 25.2 Å². The van der Waals surface area contributed by atoms with Crippen molar-refractivity contribution in [3.05, 3.63) is 108 Å². The van der Waals surface area contributed by atoms with E-state index in [-0.39, 0.29) is 39.1 Å². The third-order valence-corrected chi connectivity index (χ3v) is 6.69. The molecule has 4 N–H and O–H groups in total. The van der Waals surface area contributed by atoms with Gasteiger partial charge in [-0.15, -0.1) is 11.8 Å². The Balaban J connectivity index is 0.000000149. The first kappa shape index (κ1) is 20.6. The molecule has 6 heteroatoms. The van der Waals surface area contributed by atoms with Gasteiger partial charge in [-0.1, -0.05) is 72.8 Å². The van der Waals surface area contributed by atoms with E-state index in [9.17, 15) is 25.2 Å². The van der Waals surface area contributed by atoms with E-state index in [4.69, 9.17) is 0 Å². The zero-order valence-corrected chi connectivity index (χ0v) is 17.2. The number of fused-ring (bicyclic) bond motifs is 1. The van der Waals surface area contributed by atoms with Gasteiger partial charge in [0.05, 0.1) is 10.3 Å². The lowest BCUT2D eigenvalue weighted by molar-refractivity contribution is 0.103. The second-order valence-corrected chi connectivity index (χ2v) is 8.54. The molecule has 3 aromatic carbocycles. The summed E-state index contributed by atoms with van der Waals surface area (Å²) in [4.78, 5) is 11.9. The molecule has 0 bridgehead atoms. The molecule has 5 rings (SSSR count). The molecular formula is C25H20O5S. The second-order valence-electron chi connectivity index (χ2n) is 7.12. The number of carbonyl (C=O) groups excluding carboxylic acids is 1. The minimum absolute atomic E-state index is 0.00690. The maximum atomic E-state index is 11.9. The fraction of sp³-hybridized carbons (Fsp3) is 0.0800. The Hall–Kier alpha value is -3.64.